The van der Waals surface area contributed by atoms with Gasteiger partial charge in [0.05, 0.1) is 49.0 Å². The van der Waals surface area contributed by atoms with Crippen LogP contribution in [0.5, 0.6) is 0 Å². The van der Waals surface area contributed by atoms with E-state index in [1.807, 2.05) is 76.2 Å². The topological polar surface area (TPSA) is 105 Å². The maximum Gasteiger partial charge on any atom is 0.230 e. The minimum Gasteiger partial charge on any atom is -0.379 e. The van der Waals surface area contributed by atoms with Crippen LogP contribution in [0.1, 0.15) is 61.3 Å². The number of amides is 1. The third kappa shape index (κ3) is 12.4. The van der Waals surface area contributed by atoms with E-state index in [-0.39, 0.29) is 23.3 Å². The van der Waals surface area contributed by atoms with Gasteiger partial charge in [-0.1, -0.05) is 45.9 Å². The smallest absolute Gasteiger partial charge is 0.230 e. The van der Waals surface area contributed by atoms with E-state index in [0.717, 1.165) is 53.9 Å². The van der Waals surface area contributed by atoms with Crippen LogP contribution in [0.25, 0.3) is 0 Å². The number of rotatable bonds is 20. The van der Waals surface area contributed by atoms with Crippen LogP contribution in [-0.2, 0) is 19.1 Å². The SMILES string of the molecule is CC(C)(C(=O)c1ccc(SCC(=O)CCCSSCCNC(=O)CSc2ccc(C(=O)C(C)(C)N3CCOCC3)cc2)cc1)N1CCOCC1. The summed E-state index contributed by atoms with van der Waals surface area (Å²) in [7, 11) is 3.43. The highest BCUT2D eigenvalue weighted by Crippen LogP contribution is 2.27. The maximum atomic E-state index is 13.2. The fourth-order valence-electron chi connectivity index (χ4n) is 5.76. The molecule has 2 fully saturated rings. The van der Waals surface area contributed by atoms with E-state index in [0.29, 0.717) is 62.0 Å². The van der Waals surface area contributed by atoms with Crippen molar-refractivity contribution in [3.63, 3.8) is 0 Å². The molecule has 1 N–H and O–H groups in total. The molecular weight excluding hydrogens is 711 g/mol. The van der Waals surface area contributed by atoms with Gasteiger partial charge in [-0.2, -0.15) is 0 Å². The first kappa shape index (κ1) is 40.9. The van der Waals surface area contributed by atoms with Crippen molar-refractivity contribution in [3.05, 3.63) is 59.7 Å². The monoisotopic (exact) mass is 761 g/mol. The number of thioether (sulfide) groups is 2. The Kier molecular flexibility index (Phi) is 16.7. The van der Waals surface area contributed by atoms with Gasteiger partial charge in [-0.15, -0.1) is 23.5 Å². The molecule has 2 aromatic carbocycles. The predicted octanol–water partition coefficient (Wildman–Crippen LogP) is 6.00. The summed E-state index contributed by atoms with van der Waals surface area (Å²) in [5.41, 5.74) is 0.185. The maximum absolute atomic E-state index is 13.2. The van der Waals surface area contributed by atoms with Crippen molar-refractivity contribution >= 4 is 68.4 Å². The zero-order valence-corrected chi connectivity index (χ0v) is 33.0. The van der Waals surface area contributed by atoms with Crippen LogP contribution in [0, 0.1) is 0 Å². The summed E-state index contributed by atoms with van der Waals surface area (Å²) in [6.45, 7) is 14.1. The molecule has 2 aliphatic heterocycles. The first-order valence-electron chi connectivity index (χ1n) is 17.2. The van der Waals surface area contributed by atoms with E-state index in [1.165, 1.54) is 23.5 Å². The number of nitrogens with one attached hydrogen (secondary N) is 1. The second kappa shape index (κ2) is 20.4. The van der Waals surface area contributed by atoms with Crippen LogP contribution >= 0.6 is 45.1 Å². The van der Waals surface area contributed by atoms with Gasteiger partial charge in [0.2, 0.25) is 5.91 Å². The highest BCUT2D eigenvalue weighted by molar-refractivity contribution is 8.76. The summed E-state index contributed by atoms with van der Waals surface area (Å²) in [6, 6.07) is 15.1. The number of hydrogen-bond acceptors (Lipinski definition) is 12. The quantitative estimate of drug-likeness (QED) is 0.0741. The molecule has 0 bridgehead atoms. The molecule has 1 amide bonds. The largest absolute Gasteiger partial charge is 0.379 e. The van der Waals surface area contributed by atoms with Crippen molar-refractivity contribution in [2.24, 2.45) is 0 Å². The van der Waals surface area contributed by atoms with E-state index in [2.05, 4.69) is 15.1 Å². The van der Waals surface area contributed by atoms with Gasteiger partial charge in [-0.05, 0) is 58.4 Å². The molecule has 13 heteroatoms. The fraction of sp³-hybridized carbons (Fsp3) is 0.568. The summed E-state index contributed by atoms with van der Waals surface area (Å²) < 4.78 is 10.9. The molecule has 4 rings (SSSR count). The van der Waals surface area contributed by atoms with Crippen molar-refractivity contribution in [1.82, 2.24) is 15.1 Å². The molecule has 0 atom stereocenters. The minimum atomic E-state index is -0.591. The molecule has 274 valence electrons. The molecule has 0 unspecified atom stereocenters. The number of ether oxygens (including phenoxy) is 2. The third-order valence-corrected chi connectivity index (χ3v) is 13.6. The van der Waals surface area contributed by atoms with Gasteiger partial charge in [-0.3, -0.25) is 29.0 Å². The normalized spacial score (nSPS) is 16.2. The van der Waals surface area contributed by atoms with Crippen LogP contribution in [0.3, 0.4) is 0 Å². The van der Waals surface area contributed by atoms with E-state index in [1.54, 1.807) is 21.6 Å². The second-order valence-electron chi connectivity index (χ2n) is 13.2. The van der Waals surface area contributed by atoms with E-state index < -0.39 is 11.1 Å². The fourth-order valence-corrected chi connectivity index (χ4v) is 9.28. The summed E-state index contributed by atoms with van der Waals surface area (Å²) >= 11 is 2.97. The van der Waals surface area contributed by atoms with Crippen molar-refractivity contribution in [2.75, 3.05) is 82.2 Å². The van der Waals surface area contributed by atoms with Gasteiger partial charge in [-0.25, -0.2) is 0 Å². The molecule has 50 heavy (non-hydrogen) atoms. The van der Waals surface area contributed by atoms with Gasteiger partial charge in [0.1, 0.15) is 5.78 Å². The lowest BCUT2D eigenvalue weighted by Gasteiger charge is -2.39. The standard InChI is InChI=1S/C37H51N3O6S4/c1-36(2,39-16-20-45-21-17-39)34(43)28-7-11-31(12-8-28)47-26-30(41)6-5-24-49-50-25-15-38-33(42)27-48-32-13-9-29(10-14-32)35(44)37(3,4)40-18-22-46-23-19-40/h7-14H,5-6,15-27H2,1-4H3,(H,38,42). The summed E-state index contributed by atoms with van der Waals surface area (Å²) in [5, 5.41) is 2.97. The molecule has 2 aliphatic rings. The molecule has 0 saturated carbocycles. The first-order chi connectivity index (χ1) is 24.0. The van der Waals surface area contributed by atoms with Gasteiger partial charge in [0.25, 0.3) is 0 Å². The average Bonchev–Trinajstić information content (AvgIpc) is 3.14. The average molecular weight is 762 g/mol. The summed E-state index contributed by atoms with van der Waals surface area (Å²) in [4.78, 5) is 57.4. The van der Waals surface area contributed by atoms with E-state index in [4.69, 9.17) is 9.47 Å². The number of hydrogen-bond donors (Lipinski definition) is 1. The Labute approximate surface area is 313 Å². The molecule has 2 aromatic rings. The van der Waals surface area contributed by atoms with Crippen LogP contribution in [0.4, 0.5) is 0 Å². The van der Waals surface area contributed by atoms with Crippen LogP contribution in [0.2, 0.25) is 0 Å². The molecule has 0 radical (unpaired) electrons. The molecule has 2 heterocycles. The van der Waals surface area contributed by atoms with Crippen molar-refractivity contribution < 1.29 is 28.7 Å². The van der Waals surface area contributed by atoms with Gasteiger partial charge in [0.15, 0.2) is 11.6 Å². The zero-order valence-electron chi connectivity index (χ0n) is 29.7. The lowest BCUT2D eigenvalue weighted by Crippen LogP contribution is -2.54. The number of Topliss-reactive ketones (excluding diaryl/α,β-unsaturated/α-hetero) is 3. The van der Waals surface area contributed by atoms with Crippen LogP contribution < -0.4 is 5.32 Å². The van der Waals surface area contributed by atoms with Gasteiger partial charge >= 0.3 is 0 Å². The van der Waals surface area contributed by atoms with Gasteiger partial charge in [0, 0.05) is 71.6 Å². The second-order valence-corrected chi connectivity index (χ2v) is 18.0. The lowest BCUT2D eigenvalue weighted by atomic mass is 9.91. The Balaban J connectivity index is 1.02. The Morgan fingerprint density at radius 2 is 1.10 bits per heavy atom. The minimum absolute atomic E-state index is 0.0182. The molecule has 2 saturated heterocycles. The van der Waals surface area contributed by atoms with Crippen molar-refractivity contribution in [1.29, 1.82) is 0 Å². The molecule has 0 spiro atoms. The lowest BCUT2D eigenvalue weighted by molar-refractivity contribution is -0.118. The Morgan fingerprint density at radius 1 is 0.660 bits per heavy atom. The third-order valence-electron chi connectivity index (χ3n) is 8.99. The van der Waals surface area contributed by atoms with E-state index in [9.17, 15) is 19.2 Å². The number of nitrogens with zero attached hydrogens (tertiary/aromatic N) is 2. The zero-order chi connectivity index (χ0) is 36.0. The number of morpholine rings is 2. The number of carbonyl (C=O) groups is 4. The Hall–Kier alpha value is -1.84. The molecule has 0 aliphatic carbocycles. The first-order valence-corrected chi connectivity index (χ1v) is 21.7. The highest BCUT2D eigenvalue weighted by atomic mass is 33.1. The molecular formula is C37H51N3O6S4. The van der Waals surface area contributed by atoms with Crippen molar-refractivity contribution in [2.45, 2.75) is 61.4 Å². The number of benzene rings is 2. The van der Waals surface area contributed by atoms with Crippen molar-refractivity contribution in [3.8, 4) is 0 Å². The summed E-state index contributed by atoms with van der Waals surface area (Å²) in [5.74, 6) is 2.80. The molecule has 9 nitrogen and oxygen atoms in total. The Bertz CT molecular complexity index is 1300. The predicted molar refractivity (Wildman–Crippen MR) is 208 cm³/mol. The van der Waals surface area contributed by atoms with Gasteiger partial charge < -0.3 is 14.8 Å². The number of ketones is 3. The summed E-state index contributed by atoms with van der Waals surface area (Å²) in [6.07, 6.45) is 1.36. The van der Waals surface area contributed by atoms with Crippen LogP contribution in [0.15, 0.2) is 58.3 Å². The Morgan fingerprint density at radius 3 is 1.58 bits per heavy atom. The molecule has 0 aromatic heterocycles. The highest BCUT2D eigenvalue weighted by Gasteiger charge is 2.37. The van der Waals surface area contributed by atoms with Crippen LogP contribution in [-0.4, -0.2) is 126 Å². The van der Waals surface area contributed by atoms with E-state index >= 15 is 0 Å². The number of carbonyl (C=O) groups excluding carboxylic acids is 4.